The van der Waals surface area contributed by atoms with Gasteiger partial charge in [-0.1, -0.05) is 72.8 Å². The minimum Gasteiger partial charge on any atom is -0.507 e. The molecule has 0 aromatic heterocycles. The Morgan fingerprint density at radius 3 is 0.824 bits per heavy atom. The molecule has 0 heterocycles. The number of phenolic OH excluding ortho intramolecular Hbond substituents is 4. The van der Waals surface area contributed by atoms with Crippen molar-refractivity contribution in [2.75, 3.05) is 0 Å². The van der Waals surface area contributed by atoms with Gasteiger partial charge in [0.1, 0.15) is 23.0 Å². The van der Waals surface area contributed by atoms with Gasteiger partial charge in [0.2, 0.25) is 0 Å². The van der Waals surface area contributed by atoms with Crippen LogP contribution in [0.1, 0.15) is 44.5 Å². The average Bonchev–Trinajstić information content (AvgIpc) is 2.83. The van der Waals surface area contributed by atoms with E-state index in [0.717, 1.165) is 44.5 Å². The third-order valence-electron chi connectivity index (χ3n) is 6.90. The van der Waals surface area contributed by atoms with Crippen LogP contribution in [0.2, 0.25) is 0 Å². The van der Waals surface area contributed by atoms with Crippen molar-refractivity contribution < 1.29 is 20.4 Å². The standard InChI is InChI=1S/C30H28O4/c31-27-19-5-1-6-20(27)14-16-22-8-3-10-24(29(22)33)18-26-12-4-11-25(30(26)34)17-23-9-2-7-21(15-13-19)28(23)32/h1-12,31-34H,13-18H2. The molecule has 34 heavy (non-hydrogen) atoms. The Bertz CT molecular complexity index is 1260. The van der Waals surface area contributed by atoms with Gasteiger partial charge in [-0.15, -0.1) is 0 Å². The molecule has 0 saturated heterocycles. The minimum absolute atomic E-state index is 0.193. The van der Waals surface area contributed by atoms with Gasteiger partial charge < -0.3 is 20.4 Å². The lowest BCUT2D eigenvalue weighted by atomic mass is 9.92. The summed E-state index contributed by atoms with van der Waals surface area (Å²) in [5.41, 5.74) is 6.26. The first kappa shape index (κ1) is 21.9. The molecule has 4 N–H and O–H groups in total. The Kier molecular flexibility index (Phi) is 5.89. The van der Waals surface area contributed by atoms with Crippen LogP contribution in [0.15, 0.2) is 72.8 Å². The van der Waals surface area contributed by atoms with E-state index in [1.54, 1.807) is 0 Å². The second-order valence-electron chi connectivity index (χ2n) is 9.05. The number of phenols is 4. The molecule has 0 fully saturated rings. The highest BCUT2D eigenvalue weighted by Crippen LogP contribution is 2.35. The molecule has 0 atom stereocenters. The number of hydrogen-bond donors (Lipinski definition) is 4. The summed E-state index contributed by atoms with van der Waals surface area (Å²) in [7, 11) is 0. The monoisotopic (exact) mass is 452 g/mol. The van der Waals surface area contributed by atoms with E-state index in [2.05, 4.69) is 0 Å². The fourth-order valence-electron chi connectivity index (χ4n) is 4.90. The molecular formula is C30H28O4. The van der Waals surface area contributed by atoms with E-state index < -0.39 is 0 Å². The molecule has 0 amide bonds. The van der Waals surface area contributed by atoms with Crippen LogP contribution in [0, 0.1) is 0 Å². The third-order valence-corrected chi connectivity index (χ3v) is 6.90. The van der Waals surface area contributed by atoms with Crippen molar-refractivity contribution in [3.8, 4) is 23.0 Å². The smallest absolute Gasteiger partial charge is 0.122 e. The summed E-state index contributed by atoms with van der Waals surface area (Å²) in [6, 6.07) is 22.8. The molecule has 0 unspecified atom stereocenters. The van der Waals surface area contributed by atoms with Gasteiger partial charge in [0, 0.05) is 12.8 Å². The number of rotatable bonds is 0. The van der Waals surface area contributed by atoms with Crippen LogP contribution in [0.5, 0.6) is 23.0 Å². The van der Waals surface area contributed by atoms with Gasteiger partial charge in [-0.25, -0.2) is 0 Å². The van der Waals surface area contributed by atoms with Crippen LogP contribution >= 0.6 is 0 Å². The Balaban J connectivity index is 1.61. The van der Waals surface area contributed by atoms with E-state index in [-0.39, 0.29) is 23.0 Å². The molecular weight excluding hydrogens is 424 g/mol. The van der Waals surface area contributed by atoms with E-state index in [4.69, 9.17) is 0 Å². The van der Waals surface area contributed by atoms with Crippen molar-refractivity contribution in [2.45, 2.75) is 38.5 Å². The van der Waals surface area contributed by atoms with Crippen molar-refractivity contribution in [2.24, 2.45) is 0 Å². The lowest BCUT2D eigenvalue weighted by Crippen LogP contribution is -2.01. The van der Waals surface area contributed by atoms with Gasteiger partial charge in [-0.3, -0.25) is 0 Å². The first-order valence-electron chi connectivity index (χ1n) is 11.7. The van der Waals surface area contributed by atoms with Gasteiger partial charge in [-0.2, -0.15) is 0 Å². The second-order valence-corrected chi connectivity index (χ2v) is 9.05. The summed E-state index contributed by atoms with van der Waals surface area (Å²) in [5.74, 6) is 0.941. The van der Waals surface area contributed by atoms with Crippen molar-refractivity contribution >= 4 is 0 Å². The summed E-state index contributed by atoms with van der Waals surface area (Å²) >= 11 is 0. The number of hydrogen-bond acceptors (Lipinski definition) is 4. The van der Waals surface area contributed by atoms with Crippen molar-refractivity contribution in [3.05, 3.63) is 117 Å². The molecule has 4 nitrogen and oxygen atoms in total. The molecule has 0 aliphatic heterocycles. The maximum atomic E-state index is 11.0. The molecule has 1 aliphatic carbocycles. The van der Waals surface area contributed by atoms with E-state index >= 15 is 0 Å². The highest BCUT2D eigenvalue weighted by molar-refractivity contribution is 5.51. The number of fused-ring (bicyclic) bond motifs is 8. The normalized spacial score (nSPS) is 13.6. The van der Waals surface area contributed by atoms with Crippen LogP contribution in [0.3, 0.4) is 0 Å². The van der Waals surface area contributed by atoms with Crippen molar-refractivity contribution in [3.63, 3.8) is 0 Å². The van der Waals surface area contributed by atoms with Crippen LogP contribution in [0.25, 0.3) is 0 Å². The highest BCUT2D eigenvalue weighted by atomic mass is 16.3. The predicted octanol–water partition coefficient (Wildman–Crippen LogP) is 5.57. The molecule has 4 aromatic carbocycles. The van der Waals surface area contributed by atoms with E-state index in [9.17, 15) is 20.4 Å². The first-order valence-corrected chi connectivity index (χ1v) is 11.7. The zero-order valence-corrected chi connectivity index (χ0v) is 19.0. The van der Waals surface area contributed by atoms with Crippen LogP contribution in [-0.2, 0) is 38.5 Å². The Morgan fingerprint density at radius 2 is 0.529 bits per heavy atom. The maximum absolute atomic E-state index is 11.0. The lowest BCUT2D eigenvalue weighted by Gasteiger charge is -2.16. The minimum atomic E-state index is 0.193. The SMILES string of the molecule is Oc1c2cccc1CCc1cccc(c1O)Cc1cccc(c1O)Cc1cccc(c1O)CC2. The van der Waals surface area contributed by atoms with Crippen LogP contribution in [0.4, 0.5) is 0 Å². The fraction of sp³-hybridized carbons (Fsp3) is 0.200. The Morgan fingerprint density at radius 1 is 0.324 bits per heavy atom. The van der Waals surface area contributed by atoms with E-state index in [1.165, 1.54) is 0 Å². The van der Waals surface area contributed by atoms with Gasteiger partial charge in [0.15, 0.2) is 0 Å². The Hall–Kier alpha value is -3.92. The van der Waals surface area contributed by atoms with Gasteiger partial charge in [-0.05, 0) is 70.2 Å². The third kappa shape index (κ3) is 4.19. The number of benzene rings is 4. The van der Waals surface area contributed by atoms with Crippen molar-refractivity contribution in [1.82, 2.24) is 0 Å². The average molecular weight is 453 g/mol. The molecule has 0 spiro atoms. The summed E-state index contributed by atoms with van der Waals surface area (Å²) in [5, 5.41) is 43.8. The van der Waals surface area contributed by atoms with Gasteiger partial charge in [0.05, 0.1) is 0 Å². The maximum Gasteiger partial charge on any atom is 0.122 e. The Labute approximate surface area is 199 Å². The van der Waals surface area contributed by atoms with Crippen LogP contribution < -0.4 is 0 Å². The summed E-state index contributed by atoms with van der Waals surface area (Å²) < 4.78 is 0. The molecule has 0 radical (unpaired) electrons. The zero-order chi connectivity index (χ0) is 23.7. The molecule has 1 aliphatic rings. The van der Waals surface area contributed by atoms with E-state index in [0.29, 0.717) is 38.5 Å². The zero-order valence-electron chi connectivity index (χ0n) is 19.0. The molecule has 8 bridgehead atoms. The second kappa shape index (κ2) is 9.14. The molecule has 172 valence electrons. The lowest BCUT2D eigenvalue weighted by molar-refractivity contribution is 0.449. The quantitative estimate of drug-likeness (QED) is 0.281. The topological polar surface area (TPSA) is 80.9 Å². The summed E-state index contributed by atoms with van der Waals surface area (Å²) in [4.78, 5) is 0. The number of aryl methyl sites for hydroxylation is 4. The van der Waals surface area contributed by atoms with Crippen molar-refractivity contribution in [1.29, 1.82) is 0 Å². The number of aromatic hydroxyl groups is 4. The predicted molar refractivity (Wildman–Crippen MR) is 133 cm³/mol. The molecule has 4 aromatic rings. The highest BCUT2D eigenvalue weighted by Gasteiger charge is 2.16. The first-order chi connectivity index (χ1) is 16.5. The van der Waals surface area contributed by atoms with E-state index in [1.807, 2.05) is 72.8 Å². The summed E-state index contributed by atoms with van der Waals surface area (Å²) in [6.45, 7) is 0. The number of para-hydroxylation sites is 4. The van der Waals surface area contributed by atoms with Gasteiger partial charge in [0.25, 0.3) is 0 Å². The molecule has 0 saturated carbocycles. The molecule has 4 heteroatoms. The largest absolute Gasteiger partial charge is 0.507 e. The van der Waals surface area contributed by atoms with Crippen LogP contribution in [-0.4, -0.2) is 20.4 Å². The molecule has 5 rings (SSSR count). The summed E-state index contributed by atoms with van der Waals surface area (Å²) in [6.07, 6.45) is 3.16. The fourth-order valence-corrected chi connectivity index (χ4v) is 4.90. The van der Waals surface area contributed by atoms with Gasteiger partial charge >= 0.3 is 0 Å².